The second-order valence-corrected chi connectivity index (χ2v) is 45.8. The third-order valence-corrected chi connectivity index (χ3v) is 30.0. The number of nitrogens with zero attached hydrogens (tertiary/aromatic N) is 10. The van der Waals surface area contributed by atoms with Gasteiger partial charge < -0.3 is 124 Å². The molecule has 61 heteroatoms. The van der Waals surface area contributed by atoms with Gasteiger partial charge in [-0.15, -0.1) is 0 Å². The molecule has 7 aromatic rings. The molecule has 6 aliphatic rings. The van der Waals surface area contributed by atoms with Crippen molar-refractivity contribution in [3.05, 3.63) is 165 Å². The standard InChI is InChI=1S/C62H84N16O33P6S6/c1-8-32-33(9-44(100-32)74-16-28(3)54(79)69-59(74)84)107-113(89,119)95-21-40-35(11-46(102-40)75-17-29(4)55(80)70-60(75)85)109-115(91,121)97-22-41-37(13-48(103-41)77-19-31(6)57(82)72-62(77)87)110-116(92,122)99-24-43-38(14-49(105-43)78-26-67-50-52(64)65-25-66-53(50)78)111-117(93,123)98-23-42-36(12-47(104-42)76-18-30(5)56(81)71-61(76)86)108-114(90,120)96-20-39-34(106-112(88,118)94-7)10-45(101-39)73-15-27(2)51(63)68-58(73)83/h15-19,25-26,32-49H,8-14,20-24H2,1-7H3,(H,88,118)(H,89,119)(H,90,120)(H,91,121)(H,92,122)(H,93,123)(H2,63,68,83)(H2,64,65,66)(H,69,79,84)(H,70,80,85)(H,71,81,86)(H,72,82,87)/t32-,33?,34?,35?,36?,37?,38?,39-,40-,41-,42-,43-,44-,45-,46-,47-,48-,49-,112?,113?,114?,115?,116?,117?/m1/s1. The second kappa shape index (κ2) is 38.4. The Morgan fingerprint density at radius 1 is 0.390 bits per heavy atom. The first-order valence-electron chi connectivity index (χ1n) is 37.1. The number of anilines is 2. The van der Waals surface area contributed by atoms with Crippen LogP contribution in [0.2, 0.25) is 0 Å². The van der Waals surface area contributed by atoms with Crippen molar-refractivity contribution in [2.45, 2.75) is 197 Å². The van der Waals surface area contributed by atoms with Gasteiger partial charge in [-0.05, 0) is 112 Å². The minimum Gasteiger partial charge on any atom is -0.383 e. The summed E-state index contributed by atoms with van der Waals surface area (Å²) in [7, 11) is 1.11. The molecular formula is C62H84N16O33P6S6. The number of hydrogen-bond donors (Lipinski definition) is 12. The molecule has 12 unspecified atom stereocenters. The van der Waals surface area contributed by atoms with E-state index in [9.17, 15) is 72.5 Å². The van der Waals surface area contributed by atoms with Gasteiger partial charge in [0, 0.05) is 104 Å². The zero-order chi connectivity index (χ0) is 89.1. The summed E-state index contributed by atoms with van der Waals surface area (Å²) in [5, 5.41) is 0. The number of nitrogen functional groups attached to an aromatic ring is 2. The molecular weight excluding hydrogens is 1880 g/mol. The number of hydrogen-bond acceptors (Lipinski definition) is 39. The van der Waals surface area contributed by atoms with E-state index in [0.717, 1.165) is 31.7 Å². The van der Waals surface area contributed by atoms with Crippen LogP contribution in [0.1, 0.15) is 117 Å². The Morgan fingerprint density at radius 3 is 0.959 bits per heavy atom. The normalized spacial score (nSPS) is 29.7. The maximum absolute atomic E-state index is 13.5. The third kappa shape index (κ3) is 22.9. The van der Waals surface area contributed by atoms with E-state index >= 15 is 0 Å². The van der Waals surface area contributed by atoms with Crippen LogP contribution in [-0.4, -0.2) is 210 Å². The van der Waals surface area contributed by atoms with E-state index in [1.54, 1.807) is 13.8 Å². The lowest BCUT2D eigenvalue weighted by Gasteiger charge is -2.28. The van der Waals surface area contributed by atoms with Gasteiger partial charge in [0.15, 0.2) is 11.5 Å². The number of nitrogens with one attached hydrogen (secondary N) is 4. The van der Waals surface area contributed by atoms with Crippen LogP contribution in [0.4, 0.5) is 11.6 Å². The summed E-state index contributed by atoms with van der Waals surface area (Å²) in [5.41, 5.74) is 6.13. The van der Waals surface area contributed by atoms with Gasteiger partial charge in [0.25, 0.3) is 22.2 Å². The van der Waals surface area contributed by atoms with Gasteiger partial charge in [-0.1, -0.05) is 6.92 Å². The molecule has 49 nitrogen and oxygen atoms in total. The van der Waals surface area contributed by atoms with Crippen LogP contribution < -0.4 is 62.2 Å². The third-order valence-electron chi connectivity index (χ3n) is 20.3. The lowest BCUT2D eigenvalue weighted by molar-refractivity contribution is -0.0571. The number of aromatic amines is 4. The van der Waals surface area contributed by atoms with Gasteiger partial charge in [0.2, 0.25) is 0 Å². The summed E-state index contributed by atoms with van der Waals surface area (Å²) >= 11 is 33.0. The highest BCUT2D eigenvalue weighted by Crippen LogP contribution is 2.57. The smallest absolute Gasteiger partial charge is 0.351 e. The van der Waals surface area contributed by atoms with Crippen LogP contribution in [0.15, 0.2) is 86.8 Å². The number of fused-ring (bicyclic) bond motifs is 1. The van der Waals surface area contributed by atoms with Gasteiger partial charge in [0.05, 0.1) is 82.1 Å². The Bertz CT molecular complexity index is 6060. The topological polar surface area (TPSA) is 637 Å². The van der Waals surface area contributed by atoms with Gasteiger partial charge in [-0.25, -0.2) is 38.9 Å². The van der Waals surface area contributed by atoms with Crippen LogP contribution in [0.3, 0.4) is 0 Å². The summed E-state index contributed by atoms with van der Waals surface area (Å²) in [6.07, 6.45) is -14.9. The summed E-state index contributed by atoms with van der Waals surface area (Å²) in [4.78, 5) is 212. The van der Waals surface area contributed by atoms with Gasteiger partial charge in [0.1, 0.15) is 85.5 Å². The molecule has 24 atom stereocenters. The van der Waals surface area contributed by atoms with Gasteiger partial charge in [-0.3, -0.25) is 66.5 Å². The van der Waals surface area contributed by atoms with E-state index in [1.807, 2.05) is 0 Å². The highest BCUT2D eigenvalue weighted by Gasteiger charge is 2.50. The van der Waals surface area contributed by atoms with E-state index in [-0.39, 0.29) is 83.6 Å². The molecule has 0 bridgehead atoms. The summed E-state index contributed by atoms with van der Waals surface area (Å²) in [6.45, 7) is -21.3. The Balaban J connectivity index is 0.707. The fraction of sp³-hybridized carbons (Fsp3) is 0.597. The van der Waals surface area contributed by atoms with Crippen molar-refractivity contribution in [3.63, 3.8) is 0 Å². The Kier molecular flexibility index (Phi) is 29.7. The zero-order valence-corrected chi connectivity index (χ0v) is 75.7. The number of rotatable bonds is 35. The quantitative estimate of drug-likeness (QED) is 0.0240. The van der Waals surface area contributed by atoms with E-state index in [1.165, 1.54) is 74.1 Å². The fourth-order valence-corrected chi connectivity index (χ4v) is 22.5. The average Bonchev–Trinajstić information content (AvgIpc) is 1.65. The molecule has 13 heterocycles. The average molecular weight is 1960 g/mol. The van der Waals surface area contributed by atoms with Crippen molar-refractivity contribution in [2.75, 3.05) is 51.6 Å². The number of aromatic nitrogens is 14. The van der Waals surface area contributed by atoms with Crippen LogP contribution >= 0.6 is 40.3 Å². The molecule has 123 heavy (non-hydrogen) atoms. The zero-order valence-electron chi connectivity index (χ0n) is 65.4. The molecule has 0 spiro atoms. The lowest BCUT2D eigenvalue weighted by Crippen LogP contribution is -2.33. The molecule has 14 N–H and O–H groups in total. The number of imidazole rings is 1. The molecule has 6 fully saturated rings. The van der Waals surface area contributed by atoms with Crippen molar-refractivity contribution in [3.8, 4) is 0 Å². The molecule has 6 aliphatic heterocycles. The molecule has 0 radical (unpaired) electrons. The fourth-order valence-electron chi connectivity index (χ4n) is 14.1. The van der Waals surface area contributed by atoms with E-state index in [0.29, 0.717) is 12.0 Å². The van der Waals surface area contributed by atoms with Crippen molar-refractivity contribution in [2.24, 2.45) is 0 Å². The highest BCUT2D eigenvalue weighted by atomic mass is 32.5. The SMILES string of the molecule is CC[C@H]1O[C@@H](n2cc(C)c(=O)[nH]c2=O)CC1OP(O)(=S)OC[C@H]1O[C@@H](n2cc(C)c(=O)[nH]c2=O)CC1OP(O)(=S)OC[C@H]1O[C@@H](n2cc(C)c(=O)[nH]c2=O)CC1OP(O)(=S)OC[C@H]1O[C@@H](n2cnc3c(N)ncnc32)CC1OP(O)(=S)OC[C@H]1O[C@@H](n2cc(C)c(=O)[nH]c2=O)CC1OP(O)(=S)OC[C@H]1O[C@@H](n2cc(C)c(N)nc2=O)CC1OP(O)(=S)OC. The Hall–Kier alpha value is -5.31. The predicted molar refractivity (Wildman–Crippen MR) is 448 cm³/mol. The number of ether oxygens (including phenoxy) is 6. The van der Waals surface area contributed by atoms with Crippen molar-refractivity contribution < 1.29 is 112 Å². The second-order valence-electron chi connectivity index (χ2n) is 28.9. The van der Waals surface area contributed by atoms with Crippen LogP contribution in [-0.2, 0) is 154 Å². The van der Waals surface area contributed by atoms with Gasteiger partial charge in [-0.2, -0.15) is 4.98 Å². The number of aryl methyl sites for hydroxylation is 5. The monoisotopic (exact) mass is 1960 g/mol. The minimum absolute atomic E-state index is 0.00854. The Labute approximate surface area is 722 Å². The summed E-state index contributed by atoms with van der Waals surface area (Å²) in [6, 6.07) is 0. The molecule has 13 rings (SSSR count). The van der Waals surface area contributed by atoms with Crippen LogP contribution in [0, 0.1) is 34.6 Å². The molecule has 0 aliphatic carbocycles. The summed E-state index contributed by atoms with van der Waals surface area (Å²) < 4.78 is 115. The van der Waals surface area contributed by atoms with E-state index in [2.05, 4.69) is 39.9 Å². The summed E-state index contributed by atoms with van der Waals surface area (Å²) in [5.74, 6) is -0.0450. The highest BCUT2D eigenvalue weighted by molar-refractivity contribution is 8.08. The van der Waals surface area contributed by atoms with Crippen molar-refractivity contribution >= 4 is 134 Å². The first-order chi connectivity index (χ1) is 57.7. The number of nitrogens with two attached hydrogens (primary N) is 2. The molecule has 0 aromatic carbocycles. The van der Waals surface area contributed by atoms with Crippen LogP contribution in [0.5, 0.6) is 0 Å². The maximum Gasteiger partial charge on any atom is 0.351 e. The lowest BCUT2D eigenvalue weighted by atomic mass is 10.1. The van der Waals surface area contributed by atoms with Crippen molar-refractivity contribution in [1.82, 2.24) is 67.3 Å². The van der Waals surface area contributed by atoms with E-state index < -0.39 is 235 Å². The van der Waals surface area contributed by atoms with Crippen molar-refractivity contribution in [1.29, 1.82) is 0 Å². The first-order valence-corrected chi connectivity index (χ1v) is 52.6. The molecule has 6 saturated heterocycles. The molecule has 7 aromatic heterocycles. The van der Waals surface area contributed by atoms with Gasteiger partial charge >= 0.3 is 68.8 Å². The first kappa shape index (κ1) is 95.3. The predicted octanol–water partition coefficient (Wildman–Crippen LogP) is 0.467. The molecule has 0 saturated carbocycles. The number of H-pyrrole nitrogens is 4. The Morgan fingerprint density at radius 2 is 0.659 bits per heavy atom. The molecule has 676 valence electrons. The minimum atomic E-state index is -4.69. The van der Waals surface area contributed by atoms with Crippen LogP contribution in [0.25, 0.3) is 11.2 Å². The largest absolute Gasteiger partial charge is 0.383 e. The molecule has 0 amide bonds. The van der Waals surface area contributed by atoms with E-state index in [4.69, 9.17) is 165 Å². The maximum atomic E-state index is 13.5.